The molecule has 1 rings (SSSR count). The summed E-state index contributed by atoms with van der Waals surface area (Å²) in [7, 11) is 1.24. The average Bonchev–Trinajstić information content (AvgIpc) is 2.49. The van der Waals surface area contributed by atoms with E-state index in [1.165, 1.54) is 14.0 Å². The number of hydrogen-bond acceptors (Lipinski definition) is 7. The molecule has 1 aliphatic heterocycles. The van der Waals surface area contributed by atoms with E-state index in [9.17, 15) is 19.8 Å². The van der Waals surface area contributed by atoms with Gasteiger partial charge in [0.2, 0.25) is 11.7 Å². The van der Waals surface area contributed by atoms with Gasteiger partial charge < -0.3 is 41.6 Å². The Balaban J connectivity index is 3.34. The van der Waals surface area contributed by atoms with Crippen molar-refractivity contribution in [2.24, 2.45) is 16.5 Å². The maximum atomic E-state index is 11.5. The minimum Gasteiger partial charge on any atom is -0.478 e. The lowest BCUT2D eigenvalue weighted by molar-refractivity contribution is -0.149. The van der Waals surface area contributed by atoms with Crippen LogP contribution in [0.4, 0.5) is 0 Å². The van der Waals surface area contributed by atoms with E-state index >= 15 is 0 Å². The third kappa shape index (κ3) is 4.81. The normalized spacial score (nSPS) is 25.7. The number of carbonyl (C=O) groups is 2. The summed E-state index contributed by atoms with van der Waals surface area (Å²) in [6.07, 6.45) is -2.56. The second-order valence-electron chi connectivity index (χ2n) is 5.14. The van der Waals surface area contributed by atoms with Crippen LogP contribution in [0.1, 0.15) is 6.92 Å². The first kappa shape index (κ1) is 19.7. The van der Waals surface area contributed by atoms with Crippen LogP contribution in [0, 0.1) is 0 Å². The van der Waals surface area contributed by atoms with Crippen molar-refractivity contribution in [3.63, 3.8) is 0 Å². The number of aliphatic carboxylic acids is 1. The van der Waals surface area contributed by atoms with Crippen molar-refractivity contribution >= 4 is 17.8 Å². The van der Waals surface area contributed by atoms with Gasteiger partial charge in [-0.3, -0.25) is 4.79 Å². The monoisotopic (exact) mass is 346 g/mol. The smallest absolute Gasteiger partial charge is 0.370 e. The fourth-order valence-electron chi connectivity index (χ4n) is 2.41. The van der Waals surface area contributed by atoms with E-state index in [2.05, 4.69) is 10.3 Å². The summed E-state index contributed by atoms with van der Waals surface area (Å²) in [4.78, 5) is 26.6. The Morgan fingerprint density at radius 3 is 2.54 bits per heavy atom. The molecule has 0 aliphatic carbocycles. The number of nitrogens with two attached hydrogens (primary N) is 2. The highest BCUT2D eigenvalue weighted by Crippen LogP contribution is 2.26. The zero-order chi connectivity index (χ0) is 18.4. The molecule has 11 heteroatoms. The van der Waals surface area contributed by atoms with E-state index in [4.69, 9.17) is 26.0 Å². The number of nitrogens with zero attached hydrogens (tertiary/aromatic N) is 1. The number of nitrogens with one attached hydrogen (secondary N) is 1. The topological polar surface area (TPSA) is 190 Å². The van der Waals surface area contributed by atoms with E-state index in [0.717, 1.165) is 6.08 Å². The quantitative estimate of drug-likeness (QED) is 0.204. The van der Waals surface area contributed by atoms with Gasteiger partial charge in [-0.15, -0.1) is 0 Å². The maximum absolute atomic E-state index is 11.5. The Morgan fingerprint density at radius 1 is 1.50 bits per heavy atom. The molecule has 1 amide bonds. The number of hydrogen-bond donors (Lipinski definition) is 6. The van der Waals surface area contributed by atoms with Gasteiger partial charge in [0.15, 0.2) is 12.1 Å². The molecule has 0 aromatic rings. The van der Waals surface area contributed by atoms with Crippen LogP contribution in [0.25, 0.3) is 0 Å². The van der Waals surface area contributed by atoms with Crippen molar-refractivity contribution in [2.75, 3.05) is 13.7 Å². The van der Waals surface area contributed by atoms with Crippen molar-refractivity contribution in [2.45, 2.75) is 37.3 Å². The molecule has 0 radical (unpaired) electrons. The van der Waals surface area contributed by atoms with Crippen LogP contribution in [-0.2, 0) is 19.1 Å². The zero-order valence-electron chi connectivity index (χ0n) is 13.2. The number of aliphatic hydroxyl groups excluding tert-OH is 2. The second-order valence-corrected chi connectivity index (χ2v) is 5.14. The number of carboxylic acid groups (broad SMARTS) is 1. The Kier molecular flexibility index (Phi) is 6.95. The largest absolute Gasteiger partial charge is 0.478 e. The van der Waals surface area contributed by atoms with E-state index in [1.54, 1.807) is 0 Å². The van der Waals surface area contributed by atoms with Crippen LogP contribution in [-0.4, -0.2) is 77.3 Å². The molecule has 1 heterocycles. The number of rotatable bonds is 7. The predicted molar refractivity (Wildman–Crippen MR) is 81.7 cm³/mol. The molecule has 0 saturated heterocycles. The molecule has 0 unspecified atom stereocenters. The summed E-state index contributed by atoms with van der Waals surface area (Å²) in [5, 5.41) is 30.8. The first-order valence-electron chi connectivity index (χ1n) is 7.00. The molecule has 8 N–H and O–H groups in total. The highest BCUT2D eigenvalue weighted by molar-refractivity contribution is 5.85. The van der Waals surface area contributed by atoms with Crippen LogP contribution < -0.4 is 16.8 Å². The van der Waals surface area contributed by atoms with Gasteiger partial charge in [-0.2, -0.15) is 0 Å². The van der Waals surface area contributed by atoms with E-state index in [1.807, 2.05) is 0 Å². The van der Waals surface area contributed by atoms with Crippen molar-refractivity contribution in [3.05, 3.63) is 11.8 Å². The van der Waals surface area contributed by atoms with E-state index in [0.29, 0.717) is 0 Å². The summed E-state index contributed by atoms with van der Waals surface area (Å²) in [6.45, 7) is 0.578. The molecule has 0 bridgehead atoms. The lowest BCUT2D eigenvalue weighted by atomic mass is 9.92. The lowest BCUT2D eigenvalue weighted by Crippen LogP contribution is -2.60. The van der Waals surface area contributed by atoms with Gasteiger partial charge in [0, 0.05) is 14.0 Å². The minimum atomic E-state index is -1.38. The first-order valence-corrected chi connectivity index (χ1v) is 7.00. The van der Waals surface area contributed by atoms with Gasteiger partial charge in [0.25, 0.3) is 0 Å². The average molecular weight is 346 g/mol. The molecule has 1 aliphatic rings. The third-order valence-corrected chi connectivity index (χ3v) is 3.35. The molecule has 24 heavy (non-hydrogen) atoms. The molecule has 0 fully saturated rings. The summed E-state index contributed by atoms with van der Waals surface area (Å²) < 4.78 is 10.5. The van der Waals surface area contributed by atoms with Crippen LogP contribution >= 0.6 is 0 Å². The van der Waals surface area contributed by atoms with Gasteiger partial charge in [0.05, 0.1) is 18.7 Å². The van der Waals surface area contributed by atoms with Crippen molar-refractivity contribution in [1.82, 2.24) is 5.32 Å². The molecule has 11 nitrogen and oxygen atoms in total. The van der Waals surface area contributed by atoms with Gasteiger partial charge >= 0.3 is 5.97 Å². The molecule has 0 saturated carbocycles. The molecule has 5 atom stereocenters. The predicted octanol–water partition coefficient (Wildman–Crippen LogP) is -3.13. The molecule has 0 spiro atoms. The fraction of sp³-hybridized carbons (Fsp3) is 0.615. The molecule has 136 valence electrons. The molecular formula is C13H22N4O7. The lowest BCUT2D eigenvalue weighted by Gasteiger charge is -2.39. The van der Waals surface area contributed by atoms with Gasteiger partial charge in [0.1, 0.15) is 12.2 Å². The number of carboxylic acids is 1. The third-order valence-electron chi connectivity index (χ3n) is 3.35. The SMILES string of the molecule is CO[C@@H]([C@H]1OC(C(=O)O)=C[C@@H](N=C(N)N)[C@H]1NC(C)=O)[C@H](O)CO. The van der Waals surface area contributed by atoms with E-state index < -0.39 is 54.6 Å². The number of methoxy groups -OCH3 is 1. The minimum absolute atomic E-state index is 0.325. The number of amides is 1. The second kappa shape index (κ2) is 8.47. The summed E-state index contributed by atoms with van der Waals surface area (Å²) >= 11 is 0. The Bertz CT molecular complexity index is 532. The standard InChI is InChI=1S/C13H22N4O7/c1-5(19)16-9-6(17-13(14)15)3-8(12(21)22)24-11(9)10(23-2)7(20)4-18/h3,6-7,9-11,18,20H,4H2,1-2H3,(H,16,19)(H,21,22)(H4,14,15,17)/t6-,7-,9-,10-,11+/m1/s1. The highest BCUT2D eigenvalue weighted by atomic mass is 16.6. The van der Waals surface area contributed by atoms with Crippen molar-refractivity contribution in [3.8, 4) is 0 Å². The van der Waals surface area contributed by atoms with Crippen LogP contribution in [0.15, 0.2) is 16.8 Å². The summed E-state index contributed by atoms with van der Waals surface area (Å²) in [5.74, 6) is -2.63. The first-order chi connectivity index (χ1) is 11.2. The molecule has 0 aromatic heterocycles. The summed E-state index contributed by atoms with van der Waals surface area (Å²) in [6, 6.07) is -1.90. The number of carbonyl (C=O) groups excluding carboxylic acids is 1. The Labute approximate surface area is 137 Å². The summed E-state index contributed by atoms with van der Waals surface area (Å²) in [5.41, 5.74) is 10.7. The number of aliphatic hydroxyl groups is 2. The Hall–Kier alpha value is -2.37. The molecule has 0 aromatic carbocycles. The highest BCUT2D eigenvalue weighted by Gasteiger charge is 2.44. The van der Waals surface area contributed by atoms with E-state index in [-0.39, 0.29) is 5.96 Å². The van der Waals surface area contributed by atoms with Gasteiger partial charge in [-0.05, 0) is 6.08 Å². The van der Waals surface area contributed by atoms with Gasteiger partial charge in [-0.25, -0.2) is 9.79 Å². The number of guanidine groups is 1. The van der Waals surface area contributed by atoms with Crippen LogP contribution in [0.5, 0.6) is 0 Å². The van der Waals surface area contributed by atoms with Gasteiger partial charge in [-0.1, -0.05) is 0 Å². The fourth-order valence-corrected chi connectivity index (χ4v) is 2.41. The zero-order valence-corrected chi connectivity index (χ0v) is 13.2. The Morgan fingerprint density at radius 2 is 2.12 bits per heavy atom. The number of ether oxygens (including phenoxy) is 2. The molecular weight excluding hydrogens is 324 g/mol. The maximum Gasteiger partial charge on any atom is 0.370 e. The van der Waals surface area contributed by atoms with Crippen LogP contribution in [0.3, 0.4) is 0 Å². The number of aliphatic imine (C=N–C) groups is 1. The van der Waals surface area contributed by atoms with Crippen molar-refractivity contribution < 1.29 is 34.4 Å². The van der Waals surface area contributed by atoms with Crippen molar-refractivity contribution in [1.29, 1.82) is 0 Å². The van der Waals surface area contributed by atoms with Crippen LogP contribution in [0.2, 0.25) is 0 Å².